The van der Waals surface area contributed by atoms with Crippen LogP contribution < -0.4 is 10.1 Å². The van der Waals surface area contributed by atoms with Gasteiger partial charge in [-0.1, -0.05) is 18.2 Å². The number of amides is 1. The largest absolute Gasteiger partial charge is 0.486 e. The minimum Gasteiger partial charge on any atom is -0.486 e. The van der Waals surface area contributed by atoms with Gasteiger partial charge in [0.05, 0.1) is 12.0 Å². The second kappa shape index (κ2) is 6.19. The number of carbonyl (C=O) groups excluding carboxylic acids is 2. The van der Waals surface area contributed by atoms with Crippen molar-refractivity contribution in [3.63, 3.8) is 0 Å². The molecule has 1 aromatic heterocycles. The number of Topliss-reactive ketones (excluding diaryl/α,β-unsaturated/α-hetero) is 1. The van der Waals surface area contributed by atoms with E-state index in [9.17, 15) is 9.59 Å². The van der Waals surface area contributed by atoms with Crippen LogP contribution in [0.25, 0.3) is 0 Å². The SMILES string of the molecule is O=C1C[C@@]2(CC[C@@H]3[C@@H](C(=O)NCCc4ccccn4)[C@@H]32)Oc2ccccc21. The summed E-state index contributed by atoms with van der Waals surface area (Å²) in [5.41, 5.74) is 1.16. The standard InChI is InChI=1S/C22H22N2O3/c25-17-13-22(27-18-7-2-1-6-15(17)18)10-8-16-19(20(16)22)21(26)24-12-9-14-5-3-4-11-23-14/h1-7,11,16,19-20H,8-10,12-13H2,(H,24,26)/t16-,19-,20-,22-/m1/s1. The van der Waals surface area contributed by atoms with Crippen molar-refractivity contribution in [2.24, 2.45) is 17.8 Å². The number of hydrogen-bond donors (Lipinski definition) is 1. The van der Waals surface area contributed by atoms with Crippen molar-refractivity contribution in [1.29, 1.82) is 0 Å². The fraction of sp³-hybridized carbons (Fsp3) is 0.409. The van der Waals surface area contributed by atoms with Crippen LogP contribution in [0, 0.1) is 17.8 Å². The lowest BCUT2D eigenvalue weighted by Gasteiger charge is -2.37. The fourth-order valence-electron chi connectivity index (χ4n) is 5.10. The molecule has 0 bridgehead atoms. The Hall–Kier alpha value is -2.69. The Balaban J connectivity index is 1.25. The van der Waals surface area contributed by atoms with Crippen molar-refractivity contribution in [3.8, 4) is 5.75 Å². The van der Waals surface area contributed by atoms with Crippen LogP contribution in [0.5, 0.6) is 5.75 Å². The number of nitrogens with zero attached hydrogens (tertiary/aromatic N) is 1. The zero-order valence-corrected chi connectivity index (χ0v) is 15.1. The molecule has 1 aromatic carbocycles. The van der Waals surface area contributed by atoms with Crippen LogP contribution in [0.2, 0.25) is 0 Å². The van der Waals surface area contributed by atoms with E-state index in [1.807, 2.05) is 42.5 Å². The molecule has 0 unspecified atom stereocenters. The molecule has 3 aliphatic rings. The third-order valence-electron chi connectivity index (χ3n) is 6.35. The average Bonchev–Trinajstić information content (AvgIpc) is 3.34. The van der Waals surface area contributed by atoms with Crippen LogP contribution in [0.15, 0.2) is 48.7 Å². The van der Waals surface area contributed by atoms with E-state index in [0.29, 0.717) is 30.2 Å². The molecule has 1 amide bonds. The number of ether oxygens (including phenoxy) is 1. The van der Waals surface area contributed by atoms with Crippen LogP contribution >= 0.6 is 0 Å². The molecule has 0 saturated heterocycles. The first-order valence-corrected chi connectivity index (χ1v) is 9.67. The first-order chi connectivity index (χ1) is 13.2. The van der Waals surface area contributed by atoms with Gasteiger partial charge >= 0.3 is 0 Å². The van der Waals surface area contributed by atoms with Gasteiger partial charge in [-0.15, -0.1) is 0 Å². The minimum atomic E-state index is -0.487. The Kier molecular flexibility index (Phi) is 3.78. The molecule has 0 radical (unpaired) electrons. The van der Waals surface area contributed by atoms with E-state index in [0.717, 1.165) is 25.0 Å². The normalized spacial score (nSPS) is 30.4. The first kappa shape index (κ1) is 16.5. The number of fused-ring (bicyclic) bond motifs is 3. The van der Waals surface area contributed by atoms with Crippen molar-refractivity contribution >= 4 is 11.7 Å². The summed E-state index contributed by atoms with van der Waals surface area (Å²) in [5.74, 6) is 1.38. The maximum Gasteiger partial charge on any atom is 0.223 e. The number of ketones is 1. The number of aromatic nitrogens is 1. The molecule has 1 aliphatic heterocycles. The lowest BCUT2D eigenvalue weighted by Crippen LogP contribution is -2.44. The summed E-state index contributed by atoms with van der Waals surface area (Å²) in [6.07, 6.45) is 4.70. The molecular weight excluding hydrogens is 340 g/mol. The molecule has 4 atom stereocenters. The van der Waals surface area contributed by atoms with E-state index in [-0.39, 0.29) is 23.5 Å². The Labute approximate surface area is 158 Å². The predicted molar refractivity (Wildman–Crippen MR) is 99.4 cm³/mol. The minimum absolute atomic E-state index is 0.0273. The summed E-state index contributed by atoms with van der Waals surface area (Å²) in [5, 5.41) is 3.05. The van der Waals surface area contributed by atoms with Gasteiger partial charge in [-0.05, 0) is 43.0 Å². The smallest absolute Gasteiger partial charge is 0.223 e. The number of pyridine rings is 1. The van der Waals surface area contributed by atoms with Gasteiger partial charge in [0.15, 0.2) is 5.78 Å². The maximum absolute atomic E-state index is 12.7. The number of para-hydroxylation sites is 1. The summed E-state index contributed by atoms with van der Waals surface area (Å²) in [6.45, 7) is 0.585. The van der Waals surface area contributed by atoms with Gasteiger partial charge in [0.25, 0.3) is 0 Å². The number of nitrogens with one attached hydrogen (secondary N) is 1. The van der Waals surface area contributed by atoms with Crippen LogP contribution in [-0.2, 0) is 11.2 Å². The first-order valence-electron chi connectivity index (χ1n) is 9.67. The van der Waals surface area contributed by atoms with Gasteiger partial charge in [0, 0.05) is 36.7 Å². The number of benzene rings is 1. The zero-order valence-electron chi connectivity index (χ0n) is 15.1. The van der Waals surface area contributed by atoms with Crippen molar-refractivity contribution in [2.75, 3.05) is 6.54 Å². The van der Waals surface area contributed by atoms with Crippen molar-refractivity contribution in [2.45, 2.75) is 31.3 Å². The molecule has 2 saturated carbocycles. The Morgan fingerprint density at radius 3 is 2.93 bits per heavy atom. The topological polar surface area (TPSA) is 68.3 Å². The second-order valence-corrected chi connectivity index (χ2v) is 7.88. The van der Waals surface area contributed by atoms with Gasteiger partial charge < -0.3 is 10.1 Å². The van der Waals surface area contributed by atoms with Crippen LogP contribution in [-0.4, -0.2) is 28.8 Å². The Morgan fingerprint density at radius 1 is 1.22 bits per heavy atom. The number of hydrogen-bond acceptors (Lipinski definition) is 4. The van der Waals surface area contributed by atoms with E-state index in [1.165, 1.54) is 0 Å². The molecular formula is C22H22N2O3. The molecule has 138 valence electrons. The molecule has 5 rings (SSSR count). The van der Waals surface area contributed by atoms with E-state index < -0.39 is 5.60 Å². The number of rotatable bonds is 4. The second-order valence-electron chi connectivity index (χ2n) is 7.88. The highest BCUT2D eigenvalue weighted by molar-refractivity contribution is 6.00. The van der Waals surface area contributed by atoms with E-state index in [4.69, 9.17) is 4.74 Å². The van der Waals surface area contributed by atoms with Gasteiger partial charge in [-0.3, -0.25) is 14.6 Å². The van der Waals surface area contributed by atoms with Crippen LogP contribution in [0.3, 0.4) is 0 Å². The molecule has 1 N–H and O–H groups in total. The van der Waals surface area contributed by atoms with Crippen molar-refractivity contribution < 1.29 is 14.3 Å². The van der Waals surface area contributed by atoms with E-state index in [2.05, 4.69) is 10.3 Å². The van der Waals surface area contributed by atoms with Crippen LogP contribution in [0.1, 0.15) is 35.3 Å². The third-order valence-corrected chi connectivity index (χ3v) is 6.35. The summed E-state index contributed by atoms with van der Waals surface area (Å²) in [7, 11) is 0. The fourth-order valence-corrected chi connectivity index (χ4v) is 5.10. The molecule has 2 aromatic rings. The maximum atomic E-state index is 12.7. The average molecular weight is 362 g/mol. The zero-order chi connectivity index (χ0) is 18.4. The highest BCUT2D eigenvalue weighted by atomic mass is 16.5. The third kappa shape index (κ3) is 2.73. The quantitative estimate of drug-likeness (QED) is 0.908. The summed E-state index contributed by atoms with van der Waals surface area (Å²) in [4.78, 5) is 29.6. The van der Waals surface area contributed by atoms with Crippen LogP contribution in [0.4, 0.5) is 0 Å². The number of carbonyl (C=O) groups is 2. The Morgan fingerprint density at radius 2 is 2.07 bits per heavy atom. The lowest BCUT2D eigenvalue weighted by molar-refractivity contribution is -0.124. The summed E-state index contributed by atoms with van der Waals surface area (Å²) >= 11 is 0. The molecule has 2 heterocycles. The Bertz CT molecular complexity index is 897. The summed E-state index contributed by atoms with van der Waals surface area (Å²) < 4.78 is 6.35. The van der Waals surface area contributed by atoms with Gasteiger partial charge in [-0.2, -0.15) is 0 Å². The van der Waals surface area contributed by atoms with Gasteiger partial charge in [0.1, 0.15) is 11.4 Å². The van der Waals surface area contributed by atoms with Gasteiger partial charge in [0.2, 0.25) is 5.91 Å². The monoisotopic (exact) mass is 362 g/mol. The molecule has 5 heteroatoms. The van der Waals surface area contributed by atoms with Crippen molar-refractivity contribution in [1.82, 2.24) is 10.3 Å². The molecule has 2 fully saturated rings. The van der Waals surface area contributed by atoms with Gasteiger partial charge in [-0.25, -0.2) is 0 Å². The van der Waals surface area contributed by atoms with E-state index >= 15 is 0 Å². The lowest BCUT2D eigenvalue weighted by atomic mass is 9.84. The molecule has 27 heavy (non-hydrogen) atoms. The predicted octanol–water partition coefficient (Wildman–Crippen LogP) is 2.80. The molecule has 5 nitrogen and oxygen atoms in total. The molecule has 2 aliphatic carbocycles. The summed E-state index contributed by atoms with van der Waals surface area (Å²) in [6, 6.07) is 13.3. The van der Waals surface area contributed by atoms with E-state index in [1.54, 1.807) is 6.20 Å². The molecule has 1 spiro atoms. The highest BCUT2D eigenvalue weighted by Gasteiger charge is 2.70. The van der Waals surface area contributed by atoms with Crippen molar-refractivity contribution in [3.05, 3.63) is 59.9 Å². The highest BCUT2D eigenvalue weighted by Crippen LogP contribution is 2.65.